The molecule has 9 heteroatoms. The van der Waals surface area contributed by atoms with E-state index in [0.717, 1.165) is 63.0 Å². The van der Waals surface area contributed by atoms with Crippen LogP contribution in [0.25, 0.3) is 0 Å². The molecule has 2 aliphatic heterocycles. The summed E-state index contributed by atoms with van der Waals surface area (Å²) in [5, 5.41) is 3.89. The molecule has 7 nitrogen and oxygen atoms in total. The van der Waals surface area contributed by atoms with Gasteiger partial charge in [-0.1, -0.05) is 56.6 Å². The zero-order chi connectivity index (χ0) is 28.4. The first kappa shape index (κ1) is 29.6. The fourth-order valence-corrected chi connectivity index (χ4v) is 6.23. The normalized spacial score (nSPS) is 18.9. The quantitative estimate of drug-likeness (QED) is 0.488. The van der Waals surface area contributed by atoms with E-state index < -0.39 is 15.3 Å². The number of sulfone groups is 1. The van der Waals surface area contributed by atoms with E-state index in [-0.39, 0.29) is 23.3 Å². The van der Waals surface area contributed by atoms with Gasteiger partial charge in [-0.2, -0.15) is 0 Å². The monoisotopic (exact) mass is 573 g/mol. The van der Waals surface area contributed by atoms with Crippen molar-refractivity contribution in [2.24, 2.45) is 10.8 Å². The third-order valence-electron chi connectivity index (χ3n) is 8.13. The first-order valence-corrected chi connectivity index (χ1v) is 15.9. The van der Waals surface area contributed by atoms with Gasteiger partial charge in [0.1, 0.15) is 0 Å². The Labute approximate surface area is 237 Å². The summed E-state index contributed by atoms with van der Waals surface area (Å²) in [7, 11) is -3.24. The summed E-state index contributed by atoms with van der Waals surface area (Å²) in [6.45, 7) is 9.51. The number of hydrogen-bond donors (Lipinski definition) is 1. The van der Waals surface area contributed by atoms with Crippen molar-refractivity contribution in [3.8, 4) is 0 Å². The average molecular weight is 574 g/mol. The van der Waals surface area contributed by atoms with Crippen LogP contribution in [0, 0.1) is 10.8 Å². The number of benzene rings is 2. The summed E-state index contributed by atoms with van der Waals surface area (Å²) < 4.78 is 23.5. The Morgan fingerprint density at radius 2 is 1.59 bits per heavy atom. The van der Waals surface area contributed by atoms with E-state index in [4.69, 9.17) is 11.6 Å². The molecular formula is C30H40ClN3O4S. The lowest BCUT2D eigenvalue weighted by Gasteiger charge is -2.38. The average Bonchev–Trinajstić information content (AvgIpc) is 3.17. The molecule has 0 radical (unpaired) electrons. The smallest absolute Gasteiger partial charge is 0.229 e. The maximum atomic E-state index is 13.5. The molecule has 0 aromatic heterocycles. The molecule has 4 rings (SSSR count). The summed E-state index contributed by atoms with van der Waals surface area (Å²) in [6, 6.07) is 14.4. The van der Waals surface area contributed by atoms with E-state index in [1.807, 2.05) is 49.9 Å². The Morgan fingerprint density at radius 1 is 1.00 bits per heavy atom. The number of nitrogens with zero attached hydrogens (tertiary/aromatic N) is 2. The second-order valence-corrected chi connectivity index (χ2v) is 14.6. The van der Waals surface area contributed by atoms with E-state index in [2.05, 4.69) is 10.2 Å². The van der Waals surface area contributed by atoms with Crippen molar-refractivity contribution in [1.82, 2.24) is 15.1 Å². The number of nitrogens with one attached hydrogen (secondary N) is 1. The summed E-state index contributed by atoms with van der Waals surface area (Å²) in [5.74, 6) is 0.230. The number of carbonyl (C=O) groups is 2. The van der Waals surface area contributed by atoms with Gasteiger partial charge < -0.3 is 15.1 Å². The lowest BCUT2D eigenvalue weighted by atomic mass is 9.77. The Morgan fingerprint density at radius 3 is 2.15 bits per heavy atom. The van der Waals surface area contributed by atoms with Crippen LogP contribution in [0.1, 0.15) is 63.6 Å². The molecule has 2 aliphatic rings. The van der Waals surface area contributed by atoms with Crippen LogP contribution in [-0.2, 0) is 26.0 Å². The van der Waals surface area contributed by atoms with Crippen LogP contribution in [0.4, 0.5) is 0 Å². The molecule has 1 spiro atoms. The largest absolute Gasteiger partial charge is 0.349 e. The Bertz CT molecular complexity index is 1280. The molecule has 212 valence electrons. The third kappa shape index (κ3) is 7.21. The van der Waals surface area contributed by atoms with E-state index in [9.17, 15) is 18.0 Å². The lowest BCUT2D eigenvalue weighted by molar-refractivity contribution is -0.139. The molecule has 39 heavy (non-hydrogen) atoms. The minimum atomic E-state index is -3.24. The van der Waals surface area contributed by atoms with E-state index in [0.29, 0.717) is 16.5 Å². The van der Waals surface area contributed by atoms with Gasteiger partial charge in [-0.25, -0.2) is 8.42 Å². The van der Waals surface area contributed by atoms with Crippen molar-refractivity contribution in [1.29, 1.82) is 0 Å². The number of halogens is 1. The Balaban J connectivity index is 1.33. The molecule has 0 saturated carbocycles. The highest BCUT2D eigenvalue weighted by atomic mass is 35.5. The second-order valence-electron chi connectivity index (χ2n) is 12.1. The van der Waals surface area contributed by atoms with Crippen LogP contribution in [0.2, 0.25) is 5.02 Å². The second kappa shape index (κ2) is 11.6. The topological polar surface area (TPSA) is 86.8 Å². The van der Waals surface area contributed by atoms with Crippen molar-refractivity contribution in [3.63, 3.8) is 0 Å². The number of rotatable bonds is 8. The van der Waals surface area contributed by atoms with Gasteiger partial charge in [0.15, 0.2) is 9.84 Å². The SMILES string of the molecule is CC(C)(C)C(=O)NC(CCN1CCC2(CC1)CCN(Cc1ccc(S(C)(=O)=O)cc1)C2=O)c1ccc(Cl)cc1. The first-order valence-electron chi connectivity index (χ1n) is 13.6. The number of carbonyl (C=O) groups excluding carboxylic acids is 2. The molecule has 2 heterocycles. The maximum absolute atomic E-state index is 13.5. The van der Waals surface area contributed by atoms with Crippen LogP contribution in [0.5, 0.6) is 0 Å². The van der Waals surface area contributed by atoms with Crippen molar-refractivity contribution in [3.05, 3.63) is 64.7 Å². The molecule has 2 saturated heterocycles. The molecule has 1 unspecified atom stereocenters. The Hall–Kier alpha value is -2.42. The van der Waals surface area contributed by atoms with Crippen LogP contribution in [0.3, 0.4) is 0 Å². The highest BCUT2D eigenvalue weighted by Crippen LogP contribution is 2.42. The third-order valence-corrected chi connectivity index (χ3v) is 9.51. The molecule has 1 N–H and O–H groups in total. The van der Waals surface area contributed by atoms with Gasteiger partial charge >= 0.3 is 0 Å². The van der Waals surface area contributed by atoms with Crippen LogP contribution in [0.15, 0.2) is 53.4 Å². The molecule has 1 atom stereocenters. The molecule has 0 bridgehead atoms. The number of likely N-dealkylation sites (tertiary alicyclic amines) is 2. The van der Waals surface area contributed by atoms with Crippen LogP contribution < -0.4 is 5.32 Å². The Kier molecular flexibility index (Phi) is 8.79. The van der Waals surface area contributed by atoms with Gasteiger partial charge in [-0.3, -0.25) is 9.59 Å². The molecule has 2 amide bonds. The number of amides is 2. The summed E-state index contributed by atoms with van der Waals surface area (Å²) in [4.78, 5) is 30.9. The molecule has 2 aromatic rings. The van der Waals surface area contributed by atoms with Gasteiger partial charge in [0, 0.05) is 36.3 Å². The van der Waals surface area contributed by atoms with E-state index in [1.54, 1.807) is 24.3 Å². The minimum Gasteiger partial charge on any atom is -0.349 e. The summed E-state index contributed by atoms with van der Waals surface area (Å²) in [6.07, 6.45) is 4.49. The molecule has 2 aromatic carbocycles. The fourth-order valence-electron chi connectivity index (χ4n) is 5.48. The van der Waals surface area contributed by atoms with Crippen LogP contribution >= 0.6 is 11.6 Å². The van der Waals surface area contributed by atoms with Gasteiger partial charge in [0.05, 0.1) is 16.4 Å². The zero-order valence-corrected chi connectivity index (χ0v) is 24.9. The van der Waals surface area contributed by atoms with Crippen molar-refractivity contribution < 1.29 is 18.0 Å². The van der Waals surface area contributed by atoms with E-state index >= 15 is 0 Å². The van der Waals surface area contributed by atoms with E-state index in [1.165, 1.54) is 6.26 Å². The van der Waals surface area contributed by atoms with Crippen molar-refractivity contribution >= 4 is 33.3 Å². The molecule has 2 fully saturated rings. The highest BCUT2D eigenvalue weighted by Gasteiger charge is 2.47. The van der Waals surface area contributed by atoms with Gasteiger partial charge in [-0.05, 0) is 74.2 Å². The number of hydrogen-bond acceptors (Lipinski definition) is 5. The highest BCUT2D eigenvalue weighted by molar-refractivity contribution is 7.90. The predicted octanol–water partition coefficient (Wildman–Crippen LogP) is 4.85. The lowest BCUT2D eigenvalue weighted by Crippen LogP contribution is -2.45. The van der Waals surface area contributed by atoms with Crippen molar-refractivity contribution in [2.45, 2.75) is 63.9 Å². The predicted molar refractivity (Wildman–Crippen MR) is 154 cm³/mol. The van der Waals surface area contributed by atoms with Crippen molar-refractivity contribution in [2.75, 3.05) is 32.4 Å². The van der Waals surface area contributed by atoms with Gasteiger partial charge in [-0.15, -0.1) is 0 Å². The summed E-state index contributed by atoms with van der Waals surface area (Å²) >= 11 is 6.09. The first-order chi connectivity index (χ1) is 18.3. The van der Waals surface area contributed by atoms with Gasteiger partial charge in [0.2, 0.25) is 11.8 Å². The fraction of sp³-hybridized carbons (Fsp3) is 0.533. The zero-order valence-electron chi connectivity index (χ0n) is 23.4. The standard InChI is InChI=1S/C30H40ClN3O4S/c1-29(2,3)27(35)32-26(23-7-9-24(31)10-8-23)13-17-33-18-14-30(15-19-33)16-20-34(28(30)36)21-22-5-11-25(12-6-22)39(4,37)38/h5-12,26H,13-21H2,1-4H3,(H,32,35). The van der Waals surface area contributed by atoms with Crippen LogP contribution in [-0.4, -0.2) is 62.5 Å². The summed E-state index contributed by atoms with van der Waals surface area (Å²) in [5.41, 5.74) is 1.19. The molecular weight excluding hydrogens is 534 g/mol. The minimum absolute atomic E-state index is 0.0163. The van der Waals surface area contributed by atoms with Gasteiger partial charge in [0.25, 0.3) is 0 Å². The number of piperidine rings is 1. The molecule has 0 aliphatic carbocycles. The maximum Gasteiger partial charge on any atom is 0.229 e.